The predicted molar refractivity (Wildman–Crippen MR) is 38.6 cm³/mol. The number of hydrogen-bond acceptors (Lipinski definition) is 2. The number of pyridine rings is 1. The van der Waals surface area contributed by atoms with Crippen molar-refractivity contribution in [1.29, 1.82) is 0 Å². The van der Waals surface area contributed by atoms with Crippen LogP contribution in [-0.2, 0) is 0 Å². The molecule has 2 rings (SSSR count). The second-order valence-corrected chi connectivity index (χ2v) is 2.32. The summed E-state index contributed by atoms with van der Waals surface area (Å²) in [6, 6.07) is 2.02. The summed E-state index contributed by atoms with van der Waals surface area (Å²) in [6.07, 6.45) is 3.55. The van der Waals surface area contributed by atoms with Gasteiger partial charge in [0.05, 0.1) is 11.7 Å². The molecule has 0 aromatic carbocycles. The summed E-state index contributed by atoms with van der Waals surface area (Å²) in [6.45, 7) is 2.01. The predicted octanol–water partition coefficient (Wildman–Crippen LogP) is 1.27. The Labute approximate surface area is 58.1 Å². The van der Waals surface area contributed by atoms with E-state index in [1.807, 2.05) is 19.2 Å². The lowest BCUT2D eigenvalue weighted by atomic mass is 10.3. The van der Waals surface area contributed by atoms with Crippen LogP contribution in [0.1, 0.15) is 5.56 Å². The SMILES string of the molecule is Cc1cnc2cn[nH]c2c1. The number of aromatic amines is 1. The smallest absolute Gasteiger partial charge is 0.108 e. The second-order valence-electron chi connectivity index (χ2n) is 2.32. The molecule has 10 heavy (non-hydrogen) atoms. The molecule has 0 aliphatic rings. The summed E-state index contributed by atoms with van der Waals surface area (Å²) in [7, 11) is 0. The van der Waals surface area contributed by atoms with Crippen molar-refractivity contribution in [2.75, 3.05) is 0 Å². The third kappa shape index (κ3) is 0.673. The van der Waals surface area contributed by atoms with Gasteiger partial charge in [-0.05, 0) is 18.6 Å². The summed E-state index contributed by atoms with van der Waals surface area (Å²) >= 11 is 0. The topological polar surface area (TPSA) is 41.6 Å². The Balaban J connectivity index is 2.86. The van der Waals surface area contributed by atoms with Crippen LogP contribution in [0.15, 0.2) is 18.5 Å². The van der Waals surface area contributed by atoms with Gasteiger partial charge in [0.25, 0.3) is 0 Å². The Hall–Kier alpha value is -1.38. The molecular weight excluding hydrogens is 126 g/mol. The van der Waals surface area contributed by atoms with Gasteiger partial charge < -0.3 is 0 Å². The van der Waals surface area contributed by atoms with E-state index in [2.05, 4.69) is 15.2 Å². The number of nitrogens with one attached hydrogen (secondary N) is 1. The van der Waals surface area contributed by atoms with Gasteiger partial charge in [-0.25, -0.2) is 0 Å². The molecule has 0 bridgehead atoms. The van der Waals surface area contributed by atoms with E-state index < -0.39 is 0 Å². The first kappa shape index (κ1) is 5.41. The van der Waals surface area contributed by atoms with Gasteiger partial charge in [0.15, 0.2) is 0 Å². The zero-order valence-electron chi connectivity index (χ0n) is 5.63. The molecule has 50 valence electrons. The third-order valence-electron chi connectivity index (χ3n) is 1.43. The lowest BCUT2D eigenvalue weighted by Crippen LogP contribution is -1.76. The highest BCUT2D eigenvalue weighted by molar-refractivity contribution is 5.73. The van der Waals surface area contributed by atoms with Crippen molar-refractivity contribution in [2.45, 2.75) is 6.92 Å². The number of aromatic nitrogens is 3. The molecule has 3 nitrogen and oxygen atoms in total. The monoisotopic (exact) mass is 133 g/mol. The normalized spacial score (nSPS) is 10.5. The largest absolute Gasteiger partial charge is 0.276 e. The zero-order chi connectivity index (χ0) is 6.97. The first-order chi connectivity index (χ1) is 4.86. The molecule has 0 amide bonds. The van der Waals surface area contributed by atoms with Gasteiger partial charge in [0.2, 0.25) is 0 Å². The minimum Gasteiger partial charge on any atom is -0.276 e. The maximum Gasteiger partial charge on any atom is 0.108 e. The fourth-order valence-electron chi connectivity index (χ4n) is 0.935. The number of aryl methyl sites for hydroxylation is 1. The van der Waals surface area contributed by atoms with Gasteiger partial charge in [-0.15, -0.1) is 0 Å². The molecule has 0 aliphatic heterocycles. The molecule has 2 aromatic rings. The van der Waals surface area contributed by atoms with Crippen molar-refractivity contribution < 1.29 is 0 Å². The van der Waals surface area contributed by atoms with Crippen molar-refractivity contribution in [3.05, 3.63) is 24.0 Å². The molecule has 1 N–H and O–H groups in total. The highest BCUT2D eigenvalue weighted by Gasteiger charge is 1.93. The minimum atomic E-state index is 0.922. The summed E-state index contributed by atoms with van der Waals surface area (Å²) in [5.74, 6) is 0. The molecule has 0 spiro atoms. The Morgan fingerprint density at radius 3 is 3.20 bits per heavy atom. The van der Waals surface area contributed by atoms with Crippen LogP contribution < -0.4 is 0 Å². The average molecular weight is 133 g/mol. The third-order valence-corrected chi connectivity index (χ3v) is 1.43. The highest BCUT2D eigenvalue weighted by Crippen LogP contribution is 2.07. The molecule has 0 unspecified atom stereocenters. The lowest BCUT2D eigenvalue weighted by Gasteiger charge is -1.88. The standard InChI is InChI=1S/C7H7N3/c1-5-2-6-7(8-3-5)4-9-10-6/h2-4H,1H3,(H,9,10). The van der Waals surface area contributed by atoms with Gasteiger partial charge in [-0.1, -0.05) is 0 Å². The molecule has 0 saturated heterocycles. The van der Waals surface area contributed by atoms with Crippen molar-refractivity contribution in [2.24, 2.45) is 0 Å². The van der Waals surface area contributed by atoms with E-state index in [9.17, 15) is 0 Å². The van der Waals surface area contributed by atoms with E-state index in [-0.39, 0.29) is 0 Å². The molecule has 3 heteroatoms. The molecule has 0 atom stereocenters. The first-order valence-corrected chi connectivity index (χ1v) is 3.12. The van der Waals surface area contributed by atoms with E-state index in [0.29, 0.717) is 0 Å². The van der Waals surface area contributed by atoms with Crippen LogP contribution in [0.5, 0.6) is 0 Å². The minimum absolute atomic E-state index is 0.922. The van der Waals surface area contributed by atoms with E-state index in [1.165, 1.54) is 0 Å². The Morgan fingerprint density at radius 2 is 2.30 bits per heavy atom. The number of rotatable bonds is 0. The van der Waals surface area contributed by atoms with Crippen molar-refractivity contribution in [3.8, 4) is 0 Å². The molecule has 0 radical (unpaired) electrons. The number of H-pyrrole nitrogens is 1. The second kappa shape index (κ2) is 1.80. The van der Waals surface area contributed by atoms with E-state index in [4.69, 9.17) is 0 Å². The van der Waals surface area contributed by atoms with Gasteiger partial charge in [-0.2, -0.15) is 5.10 Å². The van der Waals surface area contributed by atoms with Crippen LogP contribution >= 0.6 is 0 Å². The van der Waals surface area contributed by atoms with E-state index >= 15 is 0 Å². The summed E-state index contributed by atoms with van der Waals surface area (Å²) in [4.78, 5) is 4.15. The summed E-state index contributed by atoms with van der Waals surface area (Å²) < 4.78 is 0. The molecule has 0 aliphatic carbocycles. The van der Waals surface area contributed by atoms with Gasteiger partial charge in [0.1, 0.15) is 5.52 Å². The van der Waals surface area contributed by atoms with Gasteiger partial charge in [-0.3, -0.25) is 10.1 Å². The fourth-order valence-corrected chi connectivity index (χ4v) is 0.935. The maximum absolute atomic E-state index is 4.15. The van der Waals surface area contributed by atoms with Crippen molar-refractivity contribution in [3.63, 3.8) is 0 Å². The summed E-state index contributed by atoms with van der Waals surface area (Å²) in [5.41, 5.74) is 3.07. The maximum atomic E-state index is 4.15. The molecular formula is C7H7N3. The van der Waals surface area contributed by atoms with Gasteiger partial charge >= 0.3 is 0 Å². The summed E-state index contributed by atoms with van der Waals surface area (Å²) in [5, 5.41) is 6.70. The molecule has 2 heterocycles. The van der Waals surface area contributed by atoms with Crippen LogP contribution in [0.2, 0.25) is 0 Å². The van der Waals surface area contributed by atoms with Crippen molar-refractivity contribution in [1.82, 2.24) is 15.2 Å². The van der Waals surface area contributed by atoms with Crippen LogP contribution in [0.3, 0.4) is 0 Å². The number of nitrogens with zero attached hydrogens (tertiary/aromatic N) is 2. The van der Waals surface area contributed by atoms with Crippen LogP contribution in [0, 0.1) is 6.92 Å². The number of fused-ring (bicyclic) bond motifs is 1. The van der Waals surface area contributed by atoms with Crippen LogP contribution in [-0.4, -0.2) is 15.2 Å². The first-order valence-electron chi connectivity index (χ1n) is 3.12. The quantitative estimate of drug-likeness (QED) is 0.588. The van der Waals surface area contributed by atoms with Gasteiger partial charge in [0, 0.05) is 6.20 Å². The van der Waals surface area contributed by atoms with Crippen LogP contribution in [0.4, 0.5) is 0 Å². The van der Waals surface area contributed by atoms with Crippen LogP contribution in [0.25, 0.3) is 11.0 Å². The fraction of sp³-hybridized carbons (Fsp3) is 0.143. The number of hydrogen-bond donors (Lipinski definition) is 1. The van der Waals surface area contributed by atoms with Crippen molar-refractivity contribution >= 4 is 11.0 Å². The van der Waals surface area contributed by atoms with E-state index in [1.54, 1.807) is 6.20 Å². The lowest BCUT2D eigenvalue weighted by molar-refractivity contribution is 1.12. The Kier molecular flexibility index (Phi) is 0.974. The average Bonchev–Trinajstić information content (AvgIpc) is 2.33. The highest BCUT2D eigenvalue weighted by atomic mass is 15.1. The molecule has 2 aromatic heterocycles. The molecule has 0 fully saturated rings. The Morgan fingerprint density at radius 1 is 1.40 bits per heavy atom. The van der Waals surface area contributed by atoms with E-state index in [0.717, 1.165) is 16.6 Å². The zero-order valence-corrected chi connectivity index (χ0v) is 5.63. The Bertz CT molecular complexity index is 350. The molecule has 0 saturated carbocycles.